The van der Waals surface area contributed by atoms with Gasteiger partial charge >= 0.3 is 5.97 Å². The number of rotatable bonds is 4. The first kappa shape index (κ1) is 9.67. The molecule has 70 valence electrons. The first-order valence-electron chi connectivity index (χ1n) is 3.93. The van der Waals surface area contributed by atoms with Crippen LogP contribution >= 0.6 is 0 Å². The molecule has 0 spiro atoms. The number of carboxylic acids is 1. The lowest BCUT2D eigenvalue weighted by molar-refractivity contribution is -0.149. The second-order valence-corrected chi connectivity index (χ2v) is 2.65. The Morgan fingerprint density at radius 1 is 1.77 bits per heavy atom. The molecule has 0 aliphatic carbocycles. The fourth-order valence-corrected chi connectivity index (χ4v) is 0.776. The van der Waals surface area contributed by atoms with Crippen LogP contribution in [0.25, 0.3) is 0 Å². The third-order valence-corrected chi connectivity index (χ3v) is 1.57. The maximum Gasteiger partial charge on any atom is 0.332 e. The van der Waals surface area contributed by atoms with Crippen LogP contribution in [-0.4, -0.2) is 22.2 Å². The molecule has 0 bridgehead atoms. The molecule has 1 aromatic heterocycles. The van der Waals surface area contributed by atoms with E-state index in [1.807, 2.05) is 6.07 Å². The van der Waals surface area contributed by atoms with Crippen molar-refractivity contribution in [2.45, 2.75) is 19.6 Å². The quantitative estimate of drug-likeness (QED) is 0.754. The third-order valence-electron chi connectivity index (χ3n) is 1.57. The smallest absolute Gasteiger partial charge is 0.332 e. The summed E-state index contributed by atoms with van der Waals surface area (Å²) >= 11 is 0. The van der Waals surface area contributed by atoms with Gasteiger partial charge in [0.1, 0.15) is 0 Å². The summed E-state index contributed by atoms with van der Waals surface area (Å²) in [7, 11) is 0. The van der Waals surface area contributed by atoms with E-state index in [9.17, 15) is 4.79 Å². The molecular formula is C9H11NO3. The Hall–Kier alpha value is -1.42. The SMILES string of the molecule is C[C@H](OCc1cccnc1)C(=O)O. The Bertz CT molecular complexity index is 273. The van der Waals surface area contributed by atoms with Crippen molar-refractivity contribution in [3.8, 4) is 0 Å². The van der Waals surface area contributed by atoms with E-state index in [-0.39, 0.29) is 6.61 Å². The number of carboxylic acid groups (broad SMARTS) is 1. The van der Waals surface area contributed by atoms with E-state index in [1.54, 1.807) is 18.5 Å². The second kappa shape index (κ2) is 4.57. The highest BCUT2D eigenvalue weighted by Crippen LogP contribution is 2.01. The number of carbonyl (C=O) groups is 1. The predicted molar refractivity (Wildman–Crippen MR) is 46.1 cm³/mol. The summed E-state index contributed by atoms with van der Waals surface area (Å²) < 4.78 is 5.05. The van der Waals surface area contributed by atoms with Crippen molar-refractivity contribution in [3.63, 3.8) is 0 Å². The van der Waals surface area contributed by atoms with Gasteiger partial charge in [0.25, 0.3) is 0 Å². The number of aliphatic carboxylic acids is 1. The third kappa shape index (κ3) is 3.21. The summed E-state index contributed by atoms with van der Waals surface area (Å²) in [6, 6.07) is 3.62. The molecule has 0 saturated heterocycles. The standard InChI is InChI=1S/C9H11NO3/c1-7(9(11)12)13-6-8-3-2-4-10-5-8/h2-5,7H,6H2,1H3,(H,11,12)/t7-/m0/s1. The minimum Gasteiger partial charge on any atom is -0.479 e. The van der Waals surface area contributed by atoms with E-state index in [0.717, 1.165) is 5.56 Å². The number of pyridine rings is 1. The minimum absolute atomic E-state index is 0.279. The topological polar surface area (TPSA) is 59.4 Å². The Kier molecular flexibility index (Phi) is 3.40. The van der Waals surface area contributed by atoms with E-state index in [4.69, 9.17) is 9.84 Å². The van der Waals surface area contributed by atoms with Crippen LogP contribution in [0.2, 0.25) is 0 Å². The van der Waals surface area contributed by atoms with Crippen LogP contribution in [0.3, 0.4) is 0 Å². The van der Waals surface area contributed by atoms with Gasteiger partial charge in [-0.3, -0.25) is 4.98 Å². The molecule has 0 radical (unpaired) electrons. The van der Waals surface area contributed by atoms with Crippen LogP contribution in [0.1, 0.15) is 12.5 Å². The van der Waals surface area contributed by atoms with Crippen molar-refractivity contribution < 1.29 is 14.6 Å². The zero-order valence-corrected chi connectivity index (χ0v) is 7.30. The Balaban J connectivity index is 2.39. The molecule has 0 aromatic carbocycles. The molecule has 0 aliphatic rings. The van der Waals surface area contributed by atoms with Crippen LogP contribution in [0, 0.1) is 0 Å². The molecule has 1 rings (SSSR count). The van der Waals surface area contributed by atoms with Gasteiger partial charge in [-0.1, -0.05) is 6.07 Å². The van der Waals surface area contributed by atoms with E-state index in [2.05, 4.69) is 4.98 Å². The van der Waals surface area contributed by atoms with Crippen molar-refractivity contribution >= 4 is 5.97 Å². The van der Waals surface area contributed by atoms with Gasteiger partial charge in [-0.15, -0.1) is 0 Å². The molecule has 1 aromatic rings. The molecule has 0 amide bonds. The van der Waals surface area contributed by atoms with Crippen molar-refractivity contribution in [3.05, 3.63) is 30.1 Å². The van der Waals surface area contributed by atoms with Crippen molar-refractivity contribution in [1.29, 1.82) is 0 Å². The van der Waals surface area contributed by atoms with Crippen LogP contribution in [-0.2, 0) is 16.1 Å². The monoisotopic (exact) mass is 181 g/mol. The molecule has 4 nitrogen and oxygen atoms in total. The zero-order chi connectivity index (χ0) is 9.68. The summed E-state index contributed by atoms with van der Waals surface area (Å²) in [4.78, 5) is 14.3. The Morgan fingerprint density at radius 3 is 3.08 bits per heavy atom. The molecule has 1 heterocycles. The highest BCUT2D eigenvalue weighted by atomic mass is 16.5. The van der Waals surface area contributed by atoms with Crippen LogP contribution in [0.4, 0.5) is 0 Å². The van der Waals surface area contributed by atoms with Crippen LogP contribution in [0.5, 0.6) is 0 Å². The van der Waals surface area contributed by atoms with E-state index < -0.39 is 12.1 Å². The van der Waals surface area contributed by atoms with E-state index >= 15 is 0 Å². The van der Waals surface area contributed by atoms with E-state index in [0.29, 0.717) is 0 Å². The van der Waals surface area contributed by atoms with Gasteiger partial charge in [-0.05, 0) is 18.6 Å². The van der Waals surface area contributed by atoms with Crippen molar-refractivity contribution in [2.24, 2.45) is 0 Å². The van der Waals surface area contributed by atoms with Gasteiger partial charge in [-0.2, -0.15) is 0 Å². The second-order valence-electron chi connectivity index (χ2n) is 2.65. The predicted octanol–water partition coefficient (Wildman–Crippen LogP) is 1.07. The summed E-state index contributed by atoms with van der Waals surface area (Å²) in [5, 5.41) is 8.52. The normalized spacial score (nSPS) is 12.4. The summed E-state index contributed by atoms with van der Waals surface area (Å²) in [5.41, 5.74) is 0.871. The Morgan fingerprint density at radius 2 is 2.54 bits per heavy atom. The fraction of sp³-hybridized carbons (Fsp3) is 0.333. The summed E-state index contributed by atoms with van der Waals surface area (Å²) in [6.07, 6.45) is 2.53. The number of ether oxygens (including phenoxy) is 1. The lowest BCUT2D eigenvalue weighted by Gasteiger charge is -2.07. The summed E-state index contributed by atoms with van der Waals surface area (Å²) in [5.74, 6) is -0.955. The van der Waals surface area contributed by atoms with Gasteiger partial charge in [0.05, 0.1) is 6.61 Å². The lowest BCUT2D eigenvalue weighted by Crippen LogP contribution is -2.19. The molecule has 4 heteroatoms. The van der Waals surface area contributed by atoms with Gasteiger partial charge < -0.3 is 9.84 Å². The van der Waals surface area contributed by atoms with Gasteiger partial charge in [0, 0.05) is 12.4 Å². The zero-order valence-electron chi connectivity index (χ0n) is 7.30. The average Bonchev–Trinajstić information content (AvgIpc) is 2.15. The minimum atomic E-state index is -0.955. The number of hydrogen-bond donors (Lipinski definition) is 1. The lowest BCUT2D eigenvalue weighted by atomic mass is 10.3. The maximum atomic E-state index is 10.4. The highest BCUT2D eigenvalue weighted by molar-refractivity contribution is 5.71. The molecular weight excluding hydrogens is 170 g/mol. The first-order valence-corrected chi connectivity index (χ1v) is 3.93. The first-order chi connectivity index (χ1) is 6.20. The largest absolute Gasteiger partial charge is 0.479 e. The molecule has 0 fully saturated rings. The van der Waals surface area contributed by atoms with Crippen LogP contribution in [0.15, 0.2) is 24.5 Å². The van der Waals surface area contributed by atoms with Crippen LogP contribution < -0.4 is 0 Å². The van der Waals surface area contributed by atoms with Gasteiger partial charge in [0.15, 0.2) is 6.10 Å². The molecule has 1 atom stereocenters. The number of aromatic nitrogens is 1. The number of nitrogens with zero attached hydrogens (tertiary/aromatic N) is 1. The molecule has 1 N–H and O–H groups in total. The molecule has 0 unspecified atom stereocenters. The fourth-order valence-electron chi connectivity index (χ4n) is 0.776. The summed E-state index contributed by atoms with van der Waals surface area (Å²) in [6.45, 7) is 1.78. The van der Waals surface area contributed by atoms with Crippen molar-refractivity contribution in [1.82, 2.24) is 4.98 Å². The molecule has 13 heavy (non-hydrogen) atoms. The maximum absolute atomic E-state index is 10.4. The van der Waals surface area contributed by atoms with Crippen molar-refractivity contribution in [2.75, 3.05) is 0 Å². The molecule has 0 aliphatic heterocycles. The van der Waals surface area contributed by atoms with Gasteiger partial charge in [0.2, 0.25) is 0 Å². The Labute approximate surface area is 76.2 Å². The average molecular weight is 181 g/mol. The van der Waals surface area contributed by atoms with Gasteiger partial charge in [-0.25, -0.2) is 4.79 Å². The number of hydrogen-bond acceptors (Lipinski definition) is 3. The highest BCUT2D eigenvalue weighted by Gasteiger charge is 2.10. The van der Waals surface area contributed by atoms with E-state index in [1.165, 1.54) is 6.92 Å². The molecule has 0 saturated carbocycles.